The number of hydrogen-bond donors (Lipinski definition) is 1. The Morgan fingerprint density at radius 3 is 2.53 bits per heavy atom. The summed E-state index contributed by atoms with van der Waals surface area (Å²) in [5, 5.41) is 18.0. The molecule has 0 saturated heterocycles. The topological polar surface area (TPSA) is 109 Å². The van der Waals surface area contributed by atoms with Gasteiger partial charge in [0.25, 0.3) is 11.6 Å². The Morgan fingerprint density at radius 2 is 1.81 bits per heavy atom. The molecule has 184 valence electrons. The highest BCUT2D eigenvalue weighted by Crippen LogP contribution is 2.24. The van der Waals surface area contributed by atoms with Gasteiger partial charge < -0.3 is 14.8 Å². The van der Waals surface area contributed by atoms with Crippen molar-refractivity contribution in [3.8, 4) is 11.5 Å². The van der Waals surface area contributed by atoms with E-state index in [0.29, 0.717) is 22.6 Å². The van der Waals surface area contributed by atoms with Crippen LogP contribution in [-0.4, -0.2) is 20.6 Å². The first kappa shape index (κ1) is 24.5. The lowest BCUT2D eigenvalue weighted by Gasteiger charge is -2.09. The van der Waals surface area contributed by atoms with Crippen LogP contribution in [0.4, 0.5) is 11.4 Å². The Kier molecular flexibility index (Phi) is 7.60. The molecule has 1 N–H and O–H groups in total. The first-order valence-electron chi connectivity index (χ1n) is 11.4. The summed E-state index contributed by atoms with van der Waals surface area (Å²) in [7, 11) is 0. The number of hydrogen-bond acceptors (Lipinski definition) is 6. The second-order valence-corrected chi connectivity index (χ2v) is 8.19. The molecule has 0 aliphatic heterocycles. The molecule has 0 aliphatic carbocycles. The molecule has 0 aliphatic rings. The fourth-order valence-corrected chi connectivity index (χ4v) is 3.56. The number of nitrogens with zero attached hydrogens (tertiary/aromatic N) is 3. The van der Waals surface area contributed by atoms with Gasteiger partial charge in [-0.15, -0.1) is 0 Å². The number of benzene rings is 3. The van der Waals surface area contributed by atoms with Crippen molar-refractivity contribution in [2.45, 2.75) is 33.6 Å². The summed E-state index contributed by atoms with van der Waals surface area (Å²) in [5.41, 5.74) is 3.61. The molecule has 1 heterocycles. The zero-order valence-corrected chi connectivity index (χ0v) is 20.0. The summed E-state index contributed by atoms with van der Waals surface area (Å²) < 4.78 is 13.1. The Hall–Kier alpha value is -4.66. The van der Waals surface area contributed by atoms with Crippen molar-refractivity contribution in [2.75, 3.05) is 5.32 Å². The zero-order chi connectivity index (χ0) is 25.5. The minimum absolute atomic E-state index is 0.0431. The second kappa shape index (κ2) is 11.2. The van der Waals surface area contributed by atoms with Crippen LogP contribution in [-0.2, 0) is 19.8 Å². The van der Waals surface area contributed by atoms with Gasteiger partial charge in [0.2, 0.25) is 0 Å². The maximum Gasteiger partial charge on any atom is 0.272 e. The van der Waals surface area contributed by atoms with Crippen LogP contribution in [0.3, 0.4) is 0 Å². The van der Waals surface area contributed by atoms with E-state index < -0.39 is 4.92 Å². The predicted molar refractivity (Wildman–Crippen MR) is 135 cm³/mol. The lowest BCUT2D eigenvalue weighted by Crippen LogP contribution is -2.12. The highest BCUT2D eigenvalue weighted by atomic mass is 16.6. The maximum atomic E-state index is 12.8. The van der Waals surface area contributed by atoms with Crippen molar-refractivity contribution < 1.29 is 19.2 Å². The lowest BCUT2D eigenvalue weighted by atomic mass is 10.1. The van der Waals surface area contributed by atoms with Crippen molar-refractivity contribution in [3.63, 3.8) is 0 Å². The van der Waals surface area contributed by atoms with Gasteiger partial charge in [-0.1, -0.05) is 31.2 Å². The van der Waals surface area contributed by atoms with Crippen LogP contribution in [0, 0.1) is 17.0 Å². The van der Waals surface area contributed by atoms with Gasteiger partial charge in [-0.05, 0) is 60.9 Å². The second-order valence-electron chi connectivity index (χ2n) is 8.19. The zero-order valence-electron chi connectivity index (χ0n) is 20.0. The Bertz CT molecular complexity index is 1360. The number of amides is 1. The number of ether oxygens (including phenoxy) is 2. The summed E-state index contributed by atoms with van der Waals surface area (Å²) in [6, 6.07) is 19.6. The Balaban J connectivity index is 1.32. The van der Waals surface area contributed by atoms with Crippen LogP contribution < -0.4 is 14.8 Å². The number of carbonyl (C=O) groups is 1. The average molecular weight is 487 g/mol. The molecule has 3 aromatic carbocycles. The summed E-state index contributed by atoms with van der Waals surface area (Å²) in [5.74, 6) is 0.985. The molecule has 0 fully saturated rings. The van der Waals surface area contributed by atoms with Gasteiger partial charge in [0.05, 0.1) is 23.0 Å². The van der Waals surface area contributed by atoms with E-state index in [1.165, 1.54) is 11.6 Å². The number of nitrogens with one attached hydrogen (secondary N) is 1. The molecule has 0 bridgehead atoms. The van der Waals surface area contributed by atoms with Gasteiger partial charge in [-0.2, -0.15) is 5.10 Å². The van der Waals surface area contributed by atoms with Crippen molar-refractivity contribution >= 4 is 17.3 Å². The monoisotopic (exact) mass is 486 g/mol. The quantitative estimate of drug-likeness (QED) is 0.233. The smallest absolute Gasteiger partial charge is 0.272 e. The van der Waals surface area contributed by atoms with Crippen LogP contribution >= 0.6 is 0 Å². The fourth-order valence-electron chi connectivity index (χ4n) is 3.56. The molecule has 1 aromatic heterocycles. The highest BCUT2D eigenvalue weighted by molar-refractivity contribution is 6.04. The number of anilines is 1. The molecule has 0 atom stereocenters. The molecule has 0 unspecified atom stereocenters. The van der Waals surface area contributed by atoms with Crippen molar-refractivity contribution in [3.05, 3.63) is 111 Å². The van der Waals surface area contributed by atoms with Gasteiger partial charge >= 0.3 is 0 Å². The average Bonchev–Trinajstić information content (AvgIpc) is 3.33. The molecule has 1 amide bonds. The fraction of sp³-hybridized carbons (Fsp3) is 0.185. The minimum Gasteiger partial charge on any atom is -0.489 e. The Morgan fingerprint density at radius 1 is 1.03 bits per heavy atom. The van der Waals surface area contributed by atoms with Crippen LogP contribution in [0.2, 0.25) is 0 Å². The van der Waals surface area contributed by atoms with Gasteiger partial charge in [0.15, 0.2) is 6.73 Å². The van der Waals surface area contributed by atoms with E-state index in [-0.39, 0.29) is 24.9 Å². The molecular formula is C27H26N4O5. The summed E-state index contributed by atoms with van der Waals surface area (Å²) in [6.07, 6.45) is 4.23. The van der Waals surface area contributed by atoms with E-state index in [9.17, 15) is 14.9 Å². The number of nitro groups is 1. The first-order chi connectivity index (χ1) is 17.4. The third kappa shape index (κ3) is 6.26. The van der Waals surface area contributed by atoms with E-state index >= 15 is 0 Å². The van der Waals surface area contributed by atoms with E-state index in [1.54, 1.807) is 54.3 Å². The number of aryl methyl sites for hydroxylation is 2. The van der Waals surface area contributed by atoms with Crippen LogP contribution in [0.25, 0.3) is 0 Å². The van der Waals surface area contributed by atoms with Gasteiger partial charge in [-0.25, -0.2) is 4.68 Å². The van der Waals surface area contributed by atoms with Gasteiger partial charge in [-0.3, -0.25) is 14.9 Å². The standard InChI is InChI=1S/C27H26N4O5/c1-3-20-7-9-24(10-8-20)36-18-30-16-23(15-28-30)29-27(32)22-6-4-5-21(14-22)17-35-25-11-12-26(31(33)34)19(2)13-25/h4-16H,3,17-18H2,1-2H3,(H,29,32). The highest BCUT2D eigenvalue weighted by Gasteiger charge is 2.12. The number of carbonyl (C=O) groups excluding carboxylic acids is 1. The number of rotatable bonds is 10. The van der Waals surface area contributed by atoms with Gasteiger partial charge in [0.1, 0.15) is 18.1 Å². The molecule has 36 heavy (non-hydrogen) atoms. The summed E-state index contributed by atoms with van der Waals surface area (Å²) in [6.45, 7) is 4.19. The minimum atomic E-state index is -0.428. The van der Waals surface area contributed by atoms with Crippen LogP contribution in [0.5, 0.6) is 11.5 Å². The predicted octanol–water partition coefficient (Wildman–Crippen LogP) is 5.53. The van der Waals surface area contributed by atoms with Crippen LogP contribution in [0.15, 0.2) is 79.1 Å². The largest absolute Gasteiger partial charge is 0.489 e. The van der Waals surface area contributed by atoms with Gasteiger partial charge in [0, 0.05) is 17.2 Å². The van der Waals surface area contributed by atoms with Crippen molar-refractivity contribution in [1.29, 1.82) is 0 Å². The molecule has 4 rings (SSSR count). The lowest BCUT2D eigenvalue weighted by molar-refractivity contribution is -0.385. The SMILES string of the molecule is CCc1ccc(OCn2cc(NC(=O)c3cccc(COc4ccc([N+](=O)[O-])c(C)c4)c3)cn2)cc1. The molecule has 9 nitrogen and oxygen atoms in total. The molecular weight excluding hydrogens is 460 g/mol. The number of nitro benzene ring substituents is 1. The molecule has 4 aromatic rings. The summed E-state index contributed by atoms with van der Waals surface area (Å²) in [4.78, 5) is 23.3. The maximum absolute atomic E-state index is 12.8. The van der Waals surface area contributed by atoms with Crippen molar-refractivity contribution in [2.24, 2.45) is 0 Å². The van der Waals surface area contributed by atoms with Crippen LogP contribution in [0.1, 0.15) is 34.0 Å². The molecule has 0 radical (unpaired) electrons. The molecule has 0 saturated carbocycles. The van der Waals surface area contributed by atoms with E-state index in [1.807, 2.05) is 30.3 Å². The third-order valence-electron chi connectivity index (χ3n) is 5.55. The summed E-state index contributed by atoms with van der Waals surface area (Å²) >= 11 is 0. The normalized spacial score (nSPS) is 10.6. The van der Waals surface area contributed by atoms with E-state index in [2.05, 4.69) is 17.3 Å². The molecule has 9 heteroatoms. The van der Waals surface area contributed by atoms with Crippen molar-refractivity contribution in [1.82, 2.24) is 9.78 Å². The van der Waals surface area contributed by atoms with E-state index in [0.717, 1.165) is 17.7 Å². The first-order valence-corrected chi connectivity index (χ1v) is 11.4. The van der Waals surface area contributed by atoms with E-state index in [4.69, 9.17) is 9.47 Å². The molecule has 0 spiro atoms. The Labute approximate surface area is 208 Å². The number of aromatic nitrogens is 2. The third-order valence-corrected chi connectivity index (χ3v) is 5.55.